The predicted molar refractivity (Wildman–Crippen MR) is 84.1 cm³/mol. The fraction of sp³-hybridized carbons (Fsp3) is 0.588. The maximum atomic E-state index is 11.7. The van der Waals surface area contributed by atoms with Crippen molar-refractivity contribution in [2.24, 2.45) is 0 Å². The topological polar surface area (TPSA) is 41.6 Å². The molecule has 1 N–H and O–H groups in total. The van der Waals surface area contributed by atoms with Crippen LogP contribution >= 0.6 is 0 Å². The van der Waals surface area contributed by atoms with Gasteiger partial charge in [-0.3, -0.25) is 4.90 Å². The van der Waals surface area contributed by atoms with Crippen molar-refractivity contribution < 1.29 is 9.53 Å². The van der Waals surface area contributed by atoms with Gasteiger partial charge in [0.25, 0.3) is 0 Å². The van der Waals surface area contributed by atoms with Gasteiger partial charge >= 0.3 is 6.09 Å². The van der Waals surface area contributed by atoms with Crippen LogP contribution in [0.4, 0.5) is 4.79 Å². The van der Waals surface area contributed by atoms with Gasteiger partial charge in [0.2, 0.25) is 0 Å². The Morgan fingerprint density at radius 1 is 1.38 bits per heavy atom. The Kier molecular flexibility index (Phi) is 6.05. The second-order valence-corrected chi connectivity index (χ2v) is 5.83. The van der Waals surface area contributed by atoms with Gasteiger partial charge in [-0.2, -0.15) is 0 Å². The summed E-state index contributed by atoms with van der Waals surface area (Å²) in [6, 6.07) is 11.1. The summed E-state index contributed by atoms with van der Waals surface area (Å²) < 4.78 is 5.16. The maximum absolute atomic E-state index is 11.7. The van der Waals surface area contributed by atoms with Crippen molar-refractivity contribution in [2.75, 3.05) is 13.2 Å². The molecule has 1 aliphatic heterocycles. The summed E-state index contributed by atoms with van der Waals surface area (Å²) in [7, 11) is 0. The minimum Gasteiger partial charge on any atom is -0.450 e. The lowest BCUT2D eigenvalue weighted by atomic mass is 10.2. The minimum atomic E-state index is -0.276. The number of carbonyl (C=O) groups excluding carboxylic acids is 1. The zero-order chi connectivity index (χ0) is 15.1. The summed E-state index contributed by atoms with van der Waals surface area (Å²) in [5.41, 5.74) is 1.32. The van der Waals surface area contributed by atoms with Crippen molar-refractivity contribution >= 4 is 6.09 Å². The van der Waals surface area contributed by atoms with Crippen LogP contribution in [0.1, 0.15) is 38.7 Å². The average Bonchev–Trinajstić information content (AvgIpc) is 2.80. The van der Waals surface area contributed by atoms with E-state index in [1.165, 1.54) is 5.56 Å². The number of rotatable bonds is 6. The monoisotopic (exact) mass is 290 g/mol. The first-order valence-electron chi connectivity index (χ1n) is 7.90. The first-order valence-corrected chi connectivity index (χ1v) is 7.90. The van der Waals surface area contributed by atoms with Gasteiger partial charge in [-0.05, 0) is 25.3 Å². The molecule has 0 aliphatic carbocycles. The fourth-order valence-electron chi connectivity index (χ4n) is 2.76. The number of carbonyl (C=O) groups is 1. The zero-order valence-electron chi connectivity index (χ0n) is 13.0. The van der Waals surface area contributed by atoms with E-state index in [0.717, 1.165) is 32.4 Å². The van der Waals surface area contributed by atoms with E-state index < -0.39 is 0 Å². The van der Waals surface area contributed by atoms with Crippen LogP contribution in [0.5, 0.6) is 0 Å². The molecule has 1 fully saturated rings. The highest BCUT2D eigenvalue weighted by molar-refractivity contribution is 5.67. The molecule has 0 radical (unpaired) electrons. The lowest BCUT2D eigenvalue weighted by Crippen LogP contribution is -2.37. The Bertz CT molecular complexity index is 436. The third-order valence-corrected chi connectivity index (χ3v) is 3.99. The fourth-order valence-corrected chi connectivity index (χ4v) is 2.76. The quantitative estimate of drug-likeness (QED) is 0.818. The Morgan fingerprint density at radius 3 is 2.86 bits per heavy atom. The van der Waals surface area contributed by atoms with Gasteiger partial charge in [-0.1, -0.05) is 43.7 Å². The van der Waals surface area contributed by atoms with Crippen LogP contribution in [0.25, 0.3) is 0 Å². The molecule has 4 nitrogen and oxygen atoms in total. The zero-order valence-corrected chi connectivity index (χ0v) is 13.0. The van der Waals surface area contributed by atoms with Gasteiger partial charge in [-0.15, -0.1) is 0 Å². The number of nitrogens with zero attached hydrogens (tertiary/aromatic N) is 1. The molecule has 21 heavy (non-hydrogen) atoms. The summed E-state index contributed by atoms with van der Waals surface area (Å²) in [6.07, 6.45) is 2.67. The smallest absolute Gasteiger partial charge is 0.407 e. The Balaban J connectivity index is 1.77. The van der Waals surface area contributed by atoms with Crippen LogP contribution < -0.4 is 5.32 Å². The van der Waals surface area contributed by atoms with Crippen LogP contribution in [0.2, 0.25) is 0 Å². The lowest BCUT2D eigenvalue weighted by Gasteiger charge is -2.20. The maximum Gasteiger partial charge on any atom is 0.407 e. The second-order valence-electron chi connectivity index (χ2n) is 5.83. The third-order valence-electron chi connectivity index (χ3n) is 3.99. The van der Waals surface area contributed by atoms with Crippen LogP contribution in [0.15, 0.2) is 30.3 Å². The van der Waals surface area contributed by atoms with Crippen LogP contribution in [0, 0.1) is 0 Å². The first kappa shape index (κ1) is 15.8. The van der Waals surface area contributed by atoms with Crippen molar-refractivity contribution in [1.82, 2.24) is 10.2 Å². The largest absolute Gasteiger partial charge is 0.450 e. The molecule has 1 saturated heterocycles. The Hall–Kier alpha value is -1.55. The molecule has 1 heterocycles. The number of alkyl carbamates (subject to hydrolysis) is 1. The van der Waals surface area contributed by atoms with E-state index in [1.54, 1.807) is 0 Å². The molecule has 2 rings (SSSR count). The molecule has 1 aromatic carbocycles. The molecule has 0 unspecified atom stereocenters. The average molecular weight is 290 g/mol. The highest BCUT2D eigenvalue weighted by Gasteiger charge is 2.30. The molecule has 2 atom stereocenters. The number of hydrogen-bond acceptors (Lipinski definition) is 3. The summed E-state index contributed by atoms with van der Waals surface area (Å²) in [5.74, 6) is 0. The number of likely N-dealkylation sites (tertiary alicyclic amines) is 1. The van der Waals surface area contributed by atoms with Gasteiger partial charge in [0.15, 0.2) is 0 Å². The molecule has 116 valence electrons. The van der Waals surface area contributed by atoms with E-state index in [0.29, 0.717) is 12.6 Å². The van der Waals surface area contributed by atoms with E-state index in [9.17, 15) is 4.79 Å². The highest BCUT2D eigenvalue weighted by atomic mass is 16.5. The molecule has 0 spiro atoms. The van der Waals surface area contributed by atoms with E-state index in [4.69, 9.17) is 4.74 Å². The first-order chi connectivity index (χ1) is 10.2. The molecule has 0 aromatic heterocycles. The van der Waals surface area contributed by atoms with E-state index in [1.807, 2.05) is 6.07 Å². The van der Waals surface area contributed by atoms with Gasteiger partial charge in [0.05, 0.1) is 6.61 Å². The van der Waals surface area contributed by atoms with Gasteiger partial charge in [0, 0.05) is 25.2 Å². The summed E-state index contributed by atoms with van der Waals surface area (Å²) >= 11 is 0. The second kappa shape index (κ2) is 8.03. The van der Waals surface area contributed by atoms with Crippen LogP contribution in [-0.4, -0.2) is 36.2 Å². The molecule has 0 saturated carbocycles. The molecule has 1 aromatic rings. The molecule has 4 heteroatoms. The number of hydrogen-bond donors (Lipinski definition) is 1. The number of nitrogens with one attached hydrogen (secondary N) is 1. The van der Waals surface area contributed by atoms with Gasteiger partial charge < -0.3 is 10.1 Å². The van der Waals surface area contributed by atoms with E-state index in [-0.39, 0.29) is 12.1 Å². The van der Waals surface area contributed by atoms with E-state index >= 15 is 0 Å². The summed E-state index contributed by atoms with van der Waals surface area (Å²) in [6.45, 7) is 6.64. The highest BCUT2D eigenvalue weighted by Crippen LogP contribution is 2.20. The lowest BCUT2D eigenvalue weighted by molar-refractivity contribution is 0.140. The number of benzene rings is 1. The Morgan fingerprint density at radius 2 is 2.14 bits per heavy atom. The predicted octanol–water partition coefficient (Wildman–Crippen LogP) is 3.18. The molecule has 1 aliphatic rings. The molecule has 1 amide bonds. The number of ether oxygens (including phenoxy) is 1. The van der Waals surface area contributed by atoms with Crippen molar-refractivity contribution in [2.45, 2.75) is 51.7 Å². The van der Waals surface area contributed by atoms with E-state index in [2.05, 4.69) is 48.3 Å². The Labute approximate surface area is 127 Å². The number of unbranched alkanes of at least 4 members (excludes halogenated alkanes) is 1. The van der Waals surface area contributed by atoms with Crippen molar-refractivity contribution in [3.05, 3.63) is 35.9 Å². The molecule has 0 bridgehead atoms. The van der Waals surface area contributed by atoms with Crippen LogP contribution in [-0.2, 0) is 11.3 Å². The van der Waals surface area contributed by atoms with Crippen molar-refractivity contribution in [3.63, 3.8) is 0 Å². The van der Waals surface area contributed by atoms with Crippen molar-refractivity contribution in [1.29, 1.82) is 0 Å². The van der Waals surface area contributed by atoms with Gasteiger partial charge in [0.1, 0.15) is 0 Å². The van der Waals surface area contributed by atoms with Crippen molar-refractivity contribution in [3.8, 4) is 0 Å². The molecular weight excluding hydrogens is 264 g/mol. The normalized spacial score (nSPS) is 22.2. The third kappa shape index (κ3) is 5.05. The number of amides is 1. The standard InChI is InChI=1S/C17H26N2O2/c1-3-4-10-21-17(20)18-16-11-14(2)19(13-16)12-15-8-6-5-7-9-15/h5-9,14,16H,3-4,10-13H2,1-2H3,(H,18,20)/t14-,16-/m0/s1. The van der Waals surface area contributed by atoms with Gasteiger partial charge in [-0.25, -0.2) is 4.79 Å². The minimum absolute atomic E-state index is 0.192. The molecular formula is C17H26N2O2. The van der Waals surface area contributed by atoms with Crippen LogP contribution in [0.3, 0.4) is 0 Å². The SMILES string of the molecule is CCCCOC(=O)N[C@H]1C[C@H](C)N(Cc2ccccc2)C1. The summed E-state index contributed by atoms with van der Waals surface area (Å²) in [4.78, 5) is 14.1. The summed E-state index contributed by atoms with van der Waals surface area (Å²) in [5, 5.41) is 2.98.